The highest BCUT2D eigenvalue weighted by molar-refractivity contribution is 5.87. The Labute approximate surface area is 630 Å². The Kier molecular flexibility index (Phi) is 19.1. The van der Waals surface area contributed by atoms with Gasteiger partial charge in [0.25, 0.3) is 0 Å². The number of phenolic OH excluding ortho intramolecular Hbond substituents is 12. The van der Waals surface area contributed by atoms with E-state index in [0.717, 1.165) is 213 Å². The SMILES string of the molecule is C=CCN1CCc2cccc3c2C1Cc1ccc(O)c(O)c1-3.CCCN1CCc2cc(O)cc3c2C1Cc1ccc(O)c(O)c1-3.CCCN1CCc2cccc3c2C1Cc1ccc(O)c(O)c1-3.CN1CCc2cc(O)cc3c2C1Cc1ccc(O)c(O)c1-3.CN1CCc2cccc3c2C1Cc1ccc(O)c(O)c1-3. The second-order valence-corrected chi connectivity index (χ2v) is 30.8. The lowest BCUT2D eigenvalue weighted by molar-refractivity contribution is 0.182. The number of nitrogens with zero attached hydrogens (tertiary/aromatic N) is 5. The van der Waals surface area contributed by atoms with Crippen LogP contribution < -0.4 is 0 Å². The molecule has 10 aliphatic rings. The van der Waals surface area contributed by atoms with Crippen molar-refractivity contribution in [3.8, 4) is 125 Å². The fourth-order valence-electron chi connectivity index (χ4n) is 19.7. The van der Waals surface area contributed by atoms with Crippen molar-refractivity contribution < 1.29 is 61.3 Å². The first-order chi connectivity index (χ1) is 52.2. The molecule has 17 nitrogen and oxygen atoms in total. The van der Waals surface area contributed by atoms with E-state index in [1.54, 1.807) is 36.4 Å². The predicted molar refractivity (Wildman–Crippen MR) is 421 cm³/mol. The number of phenols is 12. The number of benzene rings is 10. The van der Waals surface area contributed by atoms with Gasteiger partial charge in [-0.3, -0.25) is 24.5 Å². The minimum absolute atomic E-state index is 0.00481. The molecule has 0 spiro atoms. The topological polar surface area (TPSA) is 259 Å². The maximum Gasteiger partial charge on any atom is 0.165 e. The van der Waals surface area contributed by atoms with Gasteiger partial charge in [0.2, 0.25) is 0 Å². The van der Waals surface area contributed by atoms with Gasteiger partial charge in [0.05, 0.1) is 0 Å². The molecule has 10 aromatic rings. The molecule has 17 heteroatoms. The van der Waals surface area contributed by atoms with Crippen molar-refractivity contribution in [2.24, 2.45) is 0 Å². The molecule has 0 fully saturated rings. The molecule has 5 aliphatic carbocycles. The number of hydrogen-bond donors (Lipinski definition) is 12. The highest BCUT2D eigenvalue weighted by atomic mass is 16.3. The van der Waals surface area contributed by atoms with Gasteiger partial charge in [-0.1, -0.05) is 105 Å². The Balaban J connectivity index is 0.000000103. The highest BCUT2D eigenvalue weighted by Crippen LogP contribution is 2.57. The fraction of sp³-hybridized carbons (Fsp3) is 0.319. The van der Waals surface area contributed by atoms with E-state index in [1.807, 2.05) is 54.6 Å². The second kappa shape index (κ2) is 28.8. The van der Waals surface area contributed by atoms with Crippen LogP contribution in [0.1, 0.15) is 140 Å². The van der Waals surface area contributed by atoms with Gasteiger partial charge >= 0.3 is 0 Å². The lowest BCUT2D eigenvalue weighted by atomic mass is 9.76. The van der Waals surface area contributed by atoms with Crippen LogP contribution in [0.2, 0.25) is 0 Å². The first kappa shape index (κ1) is 71.6. The minimum atomic E-state index is -0.117. The first-order valence-electron chi connectivity index (χ1n) is 38.2. The highest BCUT2D eigenvalue weighted by Gasteiger charge is 2.41. The summed E-state index contributed by atoms with van der Waals surface area (Å²) < 4.78 is 0. The van der Waals surface area contributed by atoms with Gasteiger partial charge in [0, 0.05) is 97.3 Å². The molecule has 108 heavy (non-hydrogen) atoms. The summed E-state index contributed by atoms with van der Waals surface area (Å²) in [7, 11) is 4.27. The van der Waals surface area contributed by atoms with Crippen molar-refractivity contribution in [3.63, 3.8) is 0 Å². The van der Waals surface area contributed by atoms with Crippen molar-refractivity contribution >= 4 is 0 Å². The minimum Gasteiger partial charge on any atom is -0.508 e. The predicted octanol–water partition coefficient (Wildman–Crippen LogP) is 15.8. The largest absolute Gasteiger partial charge is 0.508 e. The van der Waals surface area contributed by atoms with E-state index in [-0.39, 0.29) is 81.1 Å². The average Bonchev–Trinajstić information content (AvgIpc) is 0.766. The van der Waals surface area contributed by atoms with Crippen LogP contribution in [0.5, 0.6) is 69.0 Å². The molecule has 5 aliphatic heterocycles. The smallest absolute Gasteiger partial charge is 0.165 e. The summed E-state index contributed by atoms with van der Waals surface area (Å²) in [5.74, 6) is -0.0414. The van der Waals surface area contributed by atoms with E-state index in [9.17, 15) is 61.3 Å². The molecule has 5 unspecified atom stereocenters. The third kappa shape index (κ3) is 12.3. The van der Waals surface area contributed by atoms with E-state index in [2.05, 4.69) is 108 Å². The van der Waals surface area contributed by atoms with E-state index in [4.69, 9.17) is 0 Å². The number of fused-ring (bicyclic) bond motifs is 10. The van der Waals surface area contributed by atoms with Gasteiger partial charge in [-0.15, -0.1) is 6.58 Å². The number of aromatic hydroxyl groups is 12. The molecule has 0 saturated carbocycles. The Hall–Kier alpha value is -10.7. The summed E-state index contributed by atoms with van der Waals surface area (Å²) in [5, 5.41) is 121. The van der Waals surface area contributed by atoms with Crippen LogP contribution in [0.25, 0.3) is 55.6 Å². The van der Waals surface area contributed by atoms with Crippen molar-refractivity contribution in [1.82, 2.24) is 24.5 Å². The van der Waals surface area contributed by atoms with E-state index in [1.165, 1.54) is 50.6 Å². The number of rotatable bonds is 6. The van der Waals surface area contributed by atoms with Crippen LogP contribution in [-0.2, 0) is 64.2 Å². The summed E-state index contributed by atoms with van der Waals surface area (Å²) in [5.41, 5.74) is 26.9. The summed E-state index contributed by atoms with van der Waals surface area (Å²) >= 11 is 0. The molecule has 0 aromatic heterocycles. The third-order valence-corrected chi connectivity index (χ3v) is 24.6. The zero-order valence-electron chi connectivity index (χ0n) is 61.7. The molecule has 20 rings (SSSR count). The van der Waals surface area contributed by atoms with Crippen LogP contribution in [0.4, 0.5) is 0 Å². The summed E-state index contributed by atoms with van der Waals surface area (Å²) in [6.07, 6.45) is 13.4. The summed E-state index contributed by atoms with van der Waals surface area (Å²) in [6.45, 7) is 16.5. The summed E-state index contributed by atoms with van der Waals surface area (Å²) in [6, 6.07) is 45.1. The summed E-state index contributed by atoms with van der Waals surface area (Å²) in [4.78, 5) is 12.2. The van der Waals surface area contributed by atoms with Gasteiger partial charge in [-0.25, -0.2) is 0 Å². The molecule has 0 radical (unpaired) electrons. The van der Waals surface area contributed by atoms with E-state index < -0.39 is 0 Å². The standard InChI is InChI=1S/C19H21NO3.C19H21NO2.C19H19NO2.C17H17NO3.C17H17NO2/c1-2-6-20-7-5-12-8-13(21)10-14-17(12)15(20)9-11-3-4-16(22)19(23)18(11)14;2*1-2-9-20-10-8-12-4-3-5-14-17(12)15(20)11-13-6-7-16(21)19(22)18(13)14;1-18-5-4-10-6-11(19)8-12-15(10)13(18)7-9-2-3-14(20)17(21)16(9)12;1-18-8-7-10-3-2-4-12-15(10)13(18)9-11-5-6-14(19)17(20)16(11)12/h3-4,8,10,15,21-23H,2,5-7,9H2,1H3;3-7,15,21-22H,2,8-11H2,1H3;2-7,15,21-22H,1,8-11H2;2-3,6,8,13,19-21H,4-5,7H2,1H3;2-6,13,19-20H,7-9H2,1H3. The maximum absolute atomic E-state index is 10.4. The molecule has 0 bridgehead atoms. The Morgan fingerprint density at radius 3 is 0.944 bits per heavy atom. The van der Waals surface area contributed by atoms with E-state index in [0.29, 0.717) is 29.3 Å². The van der Waals surface area contributed by atoms with Crippen LogP contribution in [-0.4, -0.2) is 152 Å². The van der Waals surface area contributed by atoms with E-state index >= 15 is 0 Å². The fourth-order valence-corrected chi connectivity index (χ4v) is 19.7. The Bertz CT molecular complexity index is 5240. The number of likely N-dealkylation sites (N-methyl/N-ethyl adjacent to an activating group) is 2. The molecular formula is C91H95N5O12. The molecule has 12 N–H and O–H groups in total. The van der Waals surface area contributed by atoms with Gasteiger partial charge in [0.15, 0.2) is 57.5 Å². The maximum atomic E-state index is 10.4. The van der Waals surface area contributed by atoms with Crippen molar-refractivity contribution in [2.75, 3.05) is 66.5 Å². The third-order valence-electron chi connectivity index (χ3n) is 24.6. The van der Waals surface area contributed by atoms with Crippen molar-refractivity contribution in [3.05, 3.63) is 236 Å². The zero-order chi connectivity index (χ0) is 75.2. The van der Waals surface area contributed by atoms with Gasteiger partial charge in [0.1, 0.15) is 11.5 Å². The molecular weight excluding hydrogens is 1360 g/mol. The zero-order valence-corrected chi connectivity index (χ0v) is 61.7. The van der Waals surface area contributed by atoms with Crippen LogP contribution in [0.15, 0.2) is 152 Å². The quantitative estimate of drug-likeness (QED) is 0.0546. The monoisotopic (exact) mass is 1450 g/mol. The first-order valence-corrected chi connectivity index (χ1v) is 38.2. The molecule has 10 aromatic carbocycles. The molecule has 0 saturated heterocycles. The molecule has 556 valence electrons. The molecule has 5 heterocycles. The number of hydrogen-bond acceptors (Lipinski definition) is 17. The van der Waals surface area contributed by atoms with Gasteiger partial charge in [-0.05, 0) is 270 Å². The Morgan fingerprint density at radius 1 is 0.315 bits per heavy atom. The van der Waals surface area contributed by atoms with Crippen LogP contribution in [0.3, 0.4) is 0 Å². The van der Waals surface area contributed by atoms with Crippen molar-refractivity contribution in [1.29, 1.82) is 0 Å². The lowest BCUT2D eigenvalue weighted by Crippen LogP contribution is -2.38. The lowest BCUT2D eigenvalue weighted by Gasteiger charge is -2.41. The van der Waals surface area contributed by atoms with Crippen LogP contribution >= 0.6 is 0 Å². The second-order valence-electron chi connectivity index (χ2n) is 30.8. The van der Waals surface area contributed by atoms with Crippen LogP contribution in [0, 0.1) is 0 Å². The Morgan fingerprint density at radius 2 is 0.593 bits per heavy atom. The molecule has 0 amide bonds. The van der Waals surface area contributed by atoms with Gasteiger partial charge < -0.3 is 61.3 Å². The average molecular weight is 1450 g/mol. The normalized spacial score (nSPS) is 19.7. The van der Waals surface area contributed by atoms with Gasteiger partial charge in [-0.2, -0.15) is 0 Å². The van der Waals surface area contributed by atoms with Crippen molar-refractivity contribution in [2.45, 2.75) is 121 Å². The molecule has 5 atom stereocenters.